The van der Waals surface area contributed by atoms with E-state index >= 15 is 0 Å². The number of para-hydroxylation sites is 1. The molecule has 0 radical (unpaired) electrons. The van der Waals surface area contributed by atoms with Crippen molar-refractivity contribution in [3.05, 3.63) is 95.3 Å². The van der Waals surface area contributed by atoms with Gasteiger partial charge >= 0.3 is 5.97 Å². The fourth-order valence-corrected chi connectivity index (χ4v) is 2.95. The van der Waals surface area contributed by atoms with Gasteiger partial charge in [0.15, 0.2) is 0 Å². The highest BCUT2D eigenvalue weighted by molar-refractivity contribution is 6.05. The molecule has 0 fully saturated rings. The lowest BCUT2D eigenvalue weighted by atomic mass is 10.1. The molecule has 158 valence electrons. The van der Waals surface area contributed by atoms with E-state index in [4.69, 9.17) is 4.74 Å². The summed E-state index contributed by atoms with van der Waals surface area (Å²) in [6.45, 7) is 1.48. The summed E-state index contributed by atoms with van der Waals surface area (Å²) in [4.78, 5) is 36.0. The van der Waals surface area contributed by atoms with Crippen molar-refractivity contribution in [2.45, 2.75) is 19.9 Å². The van der Waals surface area contributed by atoms with Crippen molar-refractivity contribution < 1.29 is 23.5 Å². The Bertz CT molecular complexity index is 1110. The summed E-state index contributed by atoms with van der Waals surface area (Å²) in [6.07, 6.45) is 0.0508. The molecule has 0 saturated carbocycles. The van der Waals surface area contributed by atoms with E-state index in [-0.39, 0.29) is 30.5 Å². The second-order valence-electron chi connectivity index (χ2n) is 6.82. The molecule has 0 aromatic heterocycles. The lowest BCUT2D eigenvalue weighted by Crippen LogP contribution is -2.25. The molecule has 3 aromatic carbocycles. The van der Waals surface area contributed by atoms with Crippen molar-refractivity contribution >= 4 is 23.5 Å². The molecule has 0 bridgehead atoms. The number of amides is 2. The average molecular weight is 420 g/mol. The number of carbonyl (C=O) groups excluding carboxylic acids is 3. The van der Waals surface area contributed by atoms with Crippen molar-refractivity contribution in [3.8, 4) is 5.75 Å². The third-order valence-corrected chi connectivity index (χ3v) is 4.35. The number of rotatable bonds is 7. The zero-order valence-corrected chi connectivity index (χ0v) is 16.9. The summed E-state index contributed by atoms with van der Waals surface area (Å²) in [5, 5.41) is 5.59. The predicted octanol–water partition coefficient (Wildman–Crippen LogP) is 3.86. The van der Waals surface area contributed by atoms with E-state index in [1.807, 2.05) is 0 Å². The molecule has 0 spiro atoms. The summed E-state index contributed by atoms with van der Waals surface area (Å²) < 4.78 is 18.3. The highest BCUT2D eigenvalue weighted by atomic mass is 19.1. The fraction of sp³-hybridized carbons (Fsp3) is 0.125. The van der Waals surface area contributed by atoms with Crippen LogP contribution < -0.4 is 15.4 Å². The maximum atomic E-state index is 13.3. The molecule has 6 nitrogen and oxygen atoms in total. The van der Waals surface area contributed by atoms with E-state index in [9.17, 15) is 18.8 Å². The minimum absolute atomic E-state index is 0.0508. The van der Waals surface area contributed by atoms with E-state index in [1.165, 1.54) is 25.1 Å². The third kappa shape index (κ3) is 6.50. The molecule has 0 aliphatic heterocycles. The van der Waals surface area contributed by atoms with Crippen LogP contribution in [0, 0.1) is 5.82 Å². The Labute approximate surface area is 179 Å². The van der Waals surface area contributed by atoms with Gasteiger partial charge in [-0.3, -0.25) is 14.4 Å². The summed E-state index contributed by atoms with van der Waals surface area (Å²) in [6, 6.07) is 19.2. The van der Waals surface area contributed by atoms with E-state index in [1.54, 1.807) is 54.6 Å². The van der Waals surface area contributed by atoms with Crippen LogP contribution in [0.25, 0.3) is 0 Å². The molecular formula is C24H21FN2O4. The van der Waals surface area contributed by atoms with Crippen LogP contribution in [-0.4, -0.2) is 17.8 Å². The molecule has 7 heteroatoms. The first-order valence-electron chi connectivity index (χ1n) is 9.59. The zero-order chi connectivity index (χ0) is 22.2. The molecular weight excluding hydrogens is 399 g/mol. The van der Waals surface area contributed by atoms with Gasteiger partial charge in [-0.1, -0.05) is 36.4 Å². The fourth-order valence-electron chi connectivity index (χ4n) is 2.95. The number of carbonyl (C=O) groups is 3. The van der Waals surface area contributed by atoms with Crippen molar-refractivity contribution in [3.63, 3.8) is 0 Å². The lowest BCUT2D eigenvalue weighted by molar-refractivity contribution is -0.131. The van der Waals surface area contributed by atoms with Gasteiger partial charge in [-0.05, 0) is 47.5 Å². The minimum Gasteiger partial charge on any atom is -0.427 e. The van der Waals surface area contributed by atoms with Crippen molar-refractivity contribution in [1.29, 1.82) is 0 Å². The summed E-state index contributed by atoms with van der Waals surface area (Å²) in [5.41, 5.74) is 2.14. The maximum Gasteiger partial charge on any atom is 0.308 e. The SMILES string of the molecule is CC(=O)Oc1cccc(C(=O)Nc2ccccc2CNC(=O)Cc2cccc(F)c2)c1. The number of anilines is 1. The van der Waals surface area contributed by atoms with Gasteiger partial charge in [0.2, 0.25) is 5.91 Å². The zero-order valence-electron chi connectivity index (χ0n) is 16.9. The second kappa shape index (κ2) is 10.2. The van der Waals surface area contributed by atoms with Crippen molar-refractivity contribution in [1.82, 2.24) is 5.32 Å². The monoisotopic (exact) mass is 420 g/mol. The van der Waals surface area contributed by atoms with Crippen LogP contribution in [0.5, 0.6) is 5.75 Å². The Morgan fingerprint density at radius 3 is 2.48 bits per heavy atom. The Hall–Kier alpha value is -4.00. The molecule has 3 rings (SSSR count). The van der Waals surface area contributed by atoms with Gasteiger partial charge in [0, 0.05) is 24.7 Å². The Kier molecular flexibility index (Phi) is 7.11. The summed E-state index contributed by atoms with van der Waals surface area (Å²) >= 11 is 0. The molecule has 2 amide bonds. The smallest absolute Gasteiger partial charge is 0.308 e. The molecule has 0 saturated heterocycles. The molecule has 2 N–H and O–H groups in total. The Morgan fingerprint density at radius 2 is 1.71 bits per heavy atom. The highest BCUT2D eigenvalue weighted by Crippen LogP contribution is 2.19. The first kappa shape index (κ1) is 21.7. The molecule has 0 aliphatic rings. The van der Waals surface area contributed by atoms with Crippen LogP contribution in [0.1, 0.15) is 28.4 Å². The number of esters is 1. The lowest BCUT2D eigenvalue weighted by Gasteiger charge is -2.12. The van der Waals surface area contributed by atoms with Crippen LogP contribution in [0.15, 0.2) is 72.8 Å². The molecule has 0 aliphatic carbocycles. The highest BCUT2D eigenvalue weighted by Gasteiger charge is 2.12. The maximum absolute atomic E-state index is 13.3. The number of ether oxygens (including phenoxy) is 1. The predicted molar refractivity (Wildman–Crippen MR) is 114 cm³/mol. The average Bonchev–Trinajstić information content (AvgIpc) is 2.73. The normalized spacial score (nSPS) is 10.3. The van der Waals surface area contributed by atoms with Crippen LogP contribution in [0.3, 0.4) is 0 Å². The van der Waals surface area contributed by atoms with Gasteiger partial charge < -0.3 is 15.4 Å². The molecule has 0 heterocycles. The number of benzene rings is 3. The molecule has 31 heavy (non-hydrogen) atoms. The standard InChI is InChI=1S/C24H21FN2O4/c1-16(28)31-21-10-5-8-18(14-21)24(30)27-22-11-3-2-7-19(22)15-26-23(29)13-17-6-4-9-20(25)12-17/h2-12,14H,13,15H2,1H3,(H,26,29)(H,27,30). The first-order chi connectivity index (χ1) is 14.9. The summed E-state index contributed by atoms with van der Waals surface area (Å²) in [7, 11) is 0. The van der Waals surface area contributed by atoms with Crippen LogP contribution >= 0.6 is 0 Å². The van der Waals surface area contributed by atoms with E-state index < -0.39 is 11.8 Å². The second-order valence-corrected chi connectivity index (χ2v) is 6.82. The van der Waals surface area contributed by atoms with E-state index in [0.717, 1.165) is 0 Å². The number of hydrogen-bond donors (Lipinski definition) is 2. The minimum atomic E-state index is -0.475. The quantitative estimate of drug-likeness (QED) is 0.449. The van der Waals surface area contributed by atoms with E-state index in [0.29, 0.717) is 22.4 Å². The van der Waals surface area contributed by atoms with Gasteiger partial charge in [-0.2, -0.15) is 0 Å². The van der Waals surface area contributed by atoms with Gasteiger partial charge in [0.05, 0.1) is 6.42 Å². The van der Waals surface area contributed by atoms with Crippen LogP contribution in [0.4, 0.5) is 10.1 Å². The van der Waals surface area contributed by atoms with Gasteiger partial charge in [0.25, 0.3) is 5.91 Å². The Morgan fingerprint density at radius 1 is 0.935 bits per heavy atom. The largest absolute Gasteiger partial charge is 0.427 e. The van der Waals surface area contributed by atoms with Crippen LogP contribution in [0.2, 0.25) is 0 Å². The van der Waals surface area contributed by atoms with Gasteiger partial charge in [-0.15, -0.1) is 0 Å². The van der Waals surface area contributed by atoms with Gasteiger partial charge in [0.1, 0.15) is 11.6 Å². The first-order valence-corrected chi connectivity index (χ1v) is 9.59. The summed E-state index contributed by atoms with van der Waals surface area (Å²) in [5.74, 6) is -1.24. The number of halogens is 1. The molecule has 0 unspecified atom stereocenters. The Balaban J connectivity index is 1.64. The molecule has 3 aromatic rings. The third-order valence-electron chi connectivity index (χ3n) is 4.35. The van der Waals surface area contributed by atoms with Crippen LogP contribution in [-0.2, 0) is 22.6 Å². The topological polar surface area (TPSA) is 84.5 Å². The van der Waals surface area contributed by atoms with Crippen molar-refractivity contribution in [2.75, 3.05) is 5.32 Å². The number of hydrogen-bond acceptors (Lipinski definition) is 4. The molecule has 0 atom stereocenters. The van der Waals surface area contributed by atoms with Crippen molar-refractivity contribution in [2.24, 2.45) is 0 Å². The van der Waals surface area contributed by atoms with Gasteiger partial charge in [-0.25, -0.2) is 4.39 Å². The van der Waals surface area contributed by atoms with E-state index in [2.05, 4.69) is 10.6 Å². The number of nitrogens with one attached hydrogen (secondary N) is 2.